The number of aryl methyl sites for hydroxylation is 1. The summed E-state index contributed by atoms with van der Waals surface area (Å²) in [5.74, 6) is 0.452. The summed E-state index contributed by atoms with van der Waals surface area (Å²) in [6.07, 6.45) is 1.66. The highest BCUT2D eigenvalue weighted by Gasteiger charge is 2.20. The van der Waals surface area contributed by atoms with Crippen LogP contribution in [0.1, 0.15) is 46.2 Å². The molecule has 26 heavy (non-hydrogen) atoms. The molecule has 0 spiro atoms. The van der Waals surface area contributed by atoms with E-state index in [4.69, 9.17) is 4.74 Å². The zero-order valence-corrected chi connectivity index (χ0v) is 15.5. The molecule has 4 nitrogen and oxygen atoms in total. The van der Waals surface area contributed by atoms with E-state index in [1.807, 2.05) is 57.2 Å². The summed E-state index contributed by atoms with van der Waals surface area (Å²) in [5.41, 5.74) is 4.60. The summed E-state index contributed by atoms with van der Waals surface area (Å²) in [7, 11) is 0. The molecule has 0 fully saturated rings. The van der Waals surface area contributed by atoms with E-state index in [1.54, 1.807) is 6.07 Å². The molecule has 0 aliphatic carbocycles. The number of carbonyl (C=O) groups excluding carboxylic acids is 1. The summed E-state index contributed by atoms with van der Waals surface area (Å²) in [4.78, 5) is 13.1. The minimum absolute atomic E-state index is 0.156. The predicted molar refractivity (Wildman–Crippen MR) is 103 cm³/mol. The van der Waals surface area contributed by atoms with Crippen molar-refractivity contribution in [3.05, 3.63) is 82.7 Å². The van der Waals surface area contributed by atoms with E-state index in [2.05, 4.69) is 17.2 Å². The maximum atomic E-state index is 13.1. The van der Waals surface area contributed by atoms with E-state index >= 15 is 0 Å². The Bertz CT molecular complexity index is 898. The summed E-state index contributed by atoms with van der Waals surface area (Å²) in [6, 6.07) is 17.6. The molecule has 0 saturated heterocycles. The van der Waals surface area contributed by atoms with E-state index in [0.29, 0.717) is 17.9 Å². The maximum absolute atomic E-state index is 13.1. The van der Waals surface area contributed by atoms with Crippen LogP contribution >= 0.6 is 0 Å². The van der Waals surface area contributed by atoms with Gasteiger partial charge in [0.05, 0.1) is 17.9 Å². The van der Waals surface area contributed by atoms with E-state index < -0.39 is 0 Å². The van der Waals surface area contributed by atoms with Crippen LogP contribution in [0.2, 0.25) is 0 Å². The second-order valence-electron chi connectivity index (χ2n) is 6.37. The molecule has 3 rings (SSSR count). The molecule has 0 saturated carbocycles. The van der Waals surface area contributed by atoms with Crippen LogP contribution in [0.3, 0.4) is 0 Å². The summed E-state index contributed by atoms with van der Waals surface area (Å²) in [5, 5.41) is 4.52. The van der Waals surface area contributed by atoms with Crippen molar-refractivity contribution in [2.75, 3.05) is 6.61 Å². The Morgan fingerprint density at radius 3 is 2.46 bits per heavy atom. The normalized spacial score (nSPS) is 10.7. The van der Waals surface area contributed by atoms with Gasteiger partial charge < -0.3 is 4.74 Å². The Kier molecular flexibility index (Phi) is 5.52. The Morgan fingerprint density at radius 1 is 1.04 bits per heavy atom. The summed E-state index contributed by atoms with van der Waals surface area (Å²) in [6.45, 7) is 6.53. The molecule has 0 aliphatic heterocycles. The second kappa shape index (κ2) is 8.00. The molecule has 0 N–H and O–H groups in total. The molecule has 3 aromatic rings. The molecular weight excluding hydrogens is 324 g/mol. The van der Waals surface area contributed by atoms with Crippen molar-refractivity contribution in [3.63, 3.8) is 0 Å². The molecule has 0 aliphatic rings. The van der Waals surface area contributed by atoms with Gasteiger partial charge in [0.2, 0.25) is 0 Å². The van der Waals surface area contributed by atoms with Gasteiger partial charge in [-0.25, -0.2) is 4.68 Å². The van der Waals surface area contributed by atoms with Crippen molar-refractivity contribution in [1.29, 1.82) is 0 Å². The average Bonchev–Trinajstić information content (AvgIpc) is 2.95. The first-order chi connectivity index (χ1) is 12.6. The Hall–Kier alpha value is -2.88. The van der Waals surface area contributed by atoms with Crippen molar-refractivity contribution in [1.82, 2.24) is 9.78 Å². The number of para-hydroxylation sites is 1. The first kappa shape index (κ1) is 17.9. The van der Waals surface area contributed by atoms with Gasteiger partial charge in [-0.05, 0) is 38.0 Å². The Morgan fingerprint density at radius 2 is 1.73 bits per heavy atom. The van der Waals surface area contributed by atoms with Crippen molar-refractivity contribution >= 4 is 5.91 Å². The zero-order chi connectivity index (χ0) is 18.5. The lowest BCUT2D eigenvalue weighted by Gasteiger charge is -2.11. The van der Waals surface area contributed by atoms with Crippen LogP contribution in [0.5, 0.6) is 5.75 Å². The quantitative estimate of drug-likeness (QED) is 0.655. The lowest BCUT2D eigenvalue weighted by molar-refractivity contribution is 0.0938. The highest BCUT2D eigenvalue weighted by atomic mass is 16.5. The molecule has 134 valence electrons. The second-order valence-corrected chi connectivity index (χ2v) is 6.37. The number of carbonyl (C=O) groups is 1. The third kappa shape index (κ3) is 3.69. The molecule has 0 unspecified atom stereocenters. The fourth-order valence-electron chi connectivity index (χ4n) is 3.02. The van der Waals surface area contributed by atoms with Gasteiger partial charge in [0.15, 0.2) is 0 Å². The van der Waals surface area contributed by atoms with Crippen LogP contribution in [0.25, 0.3) is 0 Å². The number of nitrogens with zero attached hydrogens (tertiary/aromatic N) is 2. The molecule has 1 aromatic heterocycles. The van der Waals surface area contributed by atoms with E-state index in [9.17, 15) is 4.79 Å². The maximum Gasteiger partial charge on any atom is 0.282 e. The predicted octanol–water partition coefficient (Wildman–Crippen LogP) is 4.57. The van der Waals surface area contributed by atoms with Crippen LogP contribution in [-0.2, 0) is 6.42 Å². The third-order valence-electron chi connectivity index (χ3n) is 4.44. The smallest absolute Gasteiger partial charge is 0.282 e. The molecular formula is C22H24N2O2. The topological polar surface area (TPSA) is 44.1 Å². The van der Waals surface area contributed by atoms with Crippen LogP contribution in [0.15, 0.2) is 54.6 Å². The van der Waals surface area contributed by atoms with Gasteiger partial charge >= 0.3 is 0 Å². The first-order valence-corrected chi connectivity index (χ1v) is 8.97. The van der Waals surface area contributed by atoms with E-state index in [1.165, 1.54) is 10.2 Å². The lowest BCUT2D eigenvalue weighted by atomic mass is 10.0. The monoisotopic (exact) mass is 348 g/mol. The average molecular weight is 348 g/mol. The van der Waals surface area contributed by atoms with Gasteiger partial charge in [0.1, 0.15) is 5.75 Å². The number of hydrogen-bond donors (Lipinski definition) is 0. The molecule has 0 radical (unpaired) electrons. The molecule has 2 aromatic carbocycles. The van der Waals surface area contributed by atoms with Gasteiger partial charge in [0.25, 0.3) is 5.91 Å². The number of rotatable bonds is 6. The molecule has 4 heteroatoms. The van der Waals surface area contributed by atoms with Gasteiger partial charge in [-0.1, -0.05) is 49.4 Å². The van der Waals surface area contributed by atoms with Gasteiger partial charge in [-0.15, -0.1) is 0 Å². The minimum Gasteiger partial charge on any atom is -0.493 e. The lowest BCUT2D eigenvalue weighted by Crippen LogP contribution is -2.17. The van der Waals surface area contributed by atoms with Gasteiger partial charge in [0, 0.05) is 17.7 Å². The first-order valence-electron chi connectivity index (χ1n) is 8.97. The van der Waals surface area contributed by atoms with E-state index in [-0.39, 0.29) is 5.91 Å². The minimum atomic E-state index is -0.156. The highest BCUT2D eigenvalue weighted by Crippen LogP contribution is 2.23. The molecule has 0 amide bonds. The Balaban J connectivity index is 1.93. The fourth-order valence-corrected chi connectivity index (χ4v) is 3.02. The van der Waals surface area contributed by atoms with E-state index in [0.717, 1.165) is 29.8 Å². The van der Waals surface area contributed by atoms with Crippen LogP contribution < -0.4 is 4.74 Å². The molecule has 1 heterocycles. The molecule has 0 bridgehead atoms. The van der Waals surface area contributed by atoms with Crippen molar-refractivity contribution in [3.8, 4) is 5.75 Å². The largest absolute Gasteiger partial charge is 0.493 e. The van der Waals surface area contributed by atoms with Crippen LogP contribution in [0, 0.1) is 13.8 Å². The molecule has 0 atom stereocenters. The van der Waals surface area contributed by atoms with Crippen molar-refractivity contribution in [2.24, 2.45) is 0 Å². The standard InChI is InChI=1S/C22H24N2O2/c1-4-14-26-21-13-9-8-12-19(21)22(25)24-17(3)20(16(2)23-24)15-18-10-6-5-7-11-18/h5-13H,4,14-15H2,1-3H3. The number of aromatic nitrogens is 2. The SMILES string of the molecule is CCCOc1ccccc1C(=O)n1nc(C)c(Cc2ccccc2)c1C. The van der Waals surface area contributed by atoms with Crippen LogP contribution in [-0.4, -0.2) is 22.3 Å². The van der Waals surface area contributed by atoms with Crippen LogP contribution in [0.4, 0.5) is 0 Å². The van der Waals surface area contributed by atoms with Gasteiger partial charge in [-0.2, -0.15) is 5.10 Å². The Labute approximate surface area is 154 Å². The highest BCUT2D eigenvalue weighted by molar-refractivity contribution is 5.98. The number of hydrogen-bond acceptors (Lipinski definition) is 3. The fraction of sp³-hybridized carbons (Fsp3) is 0.273. The van der Waals surface area contributed by atoms with Gasteiger partial charge in [-0.3, -0.25) is 4.79 Å². The van der Waals surface area contributed by atoms with Crippen molar-refractivity contribution < 1.29 is 9.53 Å². The summed E-state index contributed by atoms with van der Waals surface area (Å²) >= 11 is 0. The third-order valence-corrected chi connectivity index (χ3v) is 4.44. The summed E-state index contributed by atoms with van der Waals surface area (Å²) < 4.78 is 7.24. The van der Waals surface area contributed by atoms with Crippen molar-refractivity contribution in [2.45, 2.75) is 33.6 Å². The number of ether oxygens (including phenoxy) is 1. The number of benzene rings is 2. The zero-order valence-electron chi connectivity index (χ0n) is 15.5.